The van der Waals surface area contributed by atoms with Gasteiger partial charge in [-0.15, -0.1) is 0 Å². The summed E-state index contributed by atoms with van der Waals surface area (Å²) in [5.74, 6) is 0. The number of hydrogen-bond acceptors (Lipinski definition) is 2. The van der Waals surface area contributed by atoms with Crippen molar-refractivity contribution in [2.24, 2.45) is 7.05 Å². The first kappa shape index (κ1) is 9.47. The fourth-order valence-electron chi connectivity index (χ4n) is 1.60. The lowest BCUT2D eigenvalue weighted by atomic mass is 10.2. The second-order valence-electron chi connectivity index (χ2n) is 3.44. The van der Waals surface area contributed by atoms with E-state index in [0.717, 1.165) is 22.5 Å². The van der Waals surface area contributed by atoms with E-state index in [-0.39, 0.29) is 0 Å². The molecule has 2 aromatic rings. The number of aromatic nitrogens is 2. The van der Waals surface area contributed by atoms with Crippen molar-refractivity contribution >= 4 is 0 Å². The Labute approximate surface area is 88.6 Å². The van der Waals surface area contributed by atoms with Crippen LogP contribution in [-0.2, 0) is 7.05 Å². The Morgan fingerprint density at radius 1 is 1.47 bits per heavy atom. The molecule has 0 aliphatic carbocycles. The second kappa shape index (κ2) is 3.58. The maximum absolute atomic E-state index is 8.92. The molecule has 0 saturated carbocycles. The highest BCUT2D eigenvalue weighted by atomic mass is 15.0. The lowest BCUT2D eigenvalue weighted by Gasteiger charge is -2.03. The average Bonchev–Trinajstić information content (AvgIpc) is 2.57. The molecule has 0 spiro atoms. The van der Waals surface area contributed by atoms with Gasteiger partial charge >= 0.3 is 0 Å². The first-order chi connectivity index (χ1) is 7.24. The Morgan fingerprint density at radius 3 is 2.80 bits per heavy atom. The van der Waals surface area contributed by atoms with Crippen molar-refractivity contribution < 1.29 is 0 Å². The minimum Gasteiger partial charge on any atom is -0.347 e. The van der Waals surface area contributed by atoms with Crippen LogP contribution < -0.4 is 0 Å². The van der Waals surface area contributed by atoms with Crippen LogP contribution in [0.3, 0.4) is 0 Å². The molecule has 0 aliphatic heterocycles. The zero-order valence-corrected chi connectivity index (χ0v) is 8.73. The highest BCUT2D eigenvalue weighted by Crippen LogP contribution is 2.23. The SMILES string of the molecule is Cc1c(C#N)cc(-c2cccnc2)n1C. The molecule has 0 aromatic carbocycles. The molecule has 0 bridgehead atoms. The smallest absolute Gasteiger partial charge is 0.101 e. The van der Waals surface area contributed by atoms with Gasteiger partial charge in [-0.1, -0.05) is 0 Å². The number of nitrogens with zero attached hydrogens (tertiary/aromatic N) is 3. The first-order valence-corrected chi connectivity index (χ1v) is 4.71. The molecule has 2 aromatic heterocycles. The maximum atomic E-state index is 8.92. The van der Waals surface area contributed by atoms with Crippen LogP contribution in [0, 0.1) is 18.3 Å². The van der Waals surface area contributed by atoms with E-state index in [1.54, 1.807) is 12.4 Å². The van der Waals surface area contributed by atoms with Gasteiger partial charge in [-0.3, -0.25) is 4.98 Å². The van der Waals surface area contributed by atoms with E-state index in [2.05, 4.69) is 11.1 Å². The third-order valence-corrected chi connectivity index (χ3v) is 2.61. The Kier molecular flexibility index (Phi) is 2.26. The van der Waals surface area contributed by atoms with E-state index in [0.29, 0.717) is 0 Å². The average molecular weight is 197 g/mol. The van der Waals surface area contributed by atoms with Gasteiger partial charge in [-0.25, -0.2) is 0 Å². The van der Waals surface area contributed by atoms with Crippen LogP contribution in [0.2, 0.25) is 0 Å². The van der Waals surface area contributed by atoms with Crippen LogP contribution in [-0.4, -0.2) is 9.55 Å². The van der Waals surface area contributed by atoms with E-state index in [1.807, 2.05) is 36.7 Å². The van der Waals surface area contributed by atoms with Crippen LogP contribution >= 0.6 is 0 Å². The van der Waals surface area contributed by atoms with Crippen molar-refractivity contribution in [1.82, 2.24) is 9.55 Å². The topological polar surface area (TPSA) is 41.6 Å². The summed E-state index contributed by atoms with van der Waals surface area (Å²) in [6, 6.07) is 7.96. The molecule has 0 saturated heterocycles. The van der Waals surface area contributed by atoms with E-state index in [9.17, 15) is 0 Å². The van der Waals surface area contributed by atoms with Gasteiger partial charge in [-0.05, 0) is 25.1 Å². The highest BCUT2D eigenvalue weighted by molar-refractivity contribution is 5.63. The highest BCUT2D eigenvalue weighted by Gasteiger charge is 2.09. The quantitative estimate of drug-likeness (QED) is 0.703. The van der Waals surface area contributed by atoms with Crippen LogP contribution in [0.4, 0.5) is 0 Å². The normalized spacial score (nSPS) is 9.93. The monoisotopic (exact) mass is 197 g/mol. The van der Waals surface area contributed by atoms with E-state index in [1.165, 1.54) is 0 Å². The second-order valence-corrected chi connectivity index (χ2v) is 3.44. The summed E-state index contributed by atoms with van der Waals surface area (Å²) >= 11 is 0. The largest absolute Gasteiger partial charge is 0.347 e. The summed E-state index contributed by atoms with van der Waals surface area (Å²) < 4.78 is 2.01. The molecule has 0 radical (unpaired) electrons. The molecule has 0 aliphatic rings. The standard InChI is InChI=1S/C12H11N3/c1-9-11(7-13)6-12(15(9)2)10-4-3-5-14-8-10/h3-6,8H,1-2H3. The number of nitriles is 1. The number of rotatable bonds is 1. The minimum absolute atomic E-state index is 0.719. The molecule has 0 N–H and O–H groups in total. The summed E-state index contributed by atoms with van der Waals surface area (Å²) in [6.45, 7) is 1.94. The minimum atomic E-state index is 0.719. The van der Waals surface area contributed by atoms with Crippen LogP contribution in [0.5, 0.6) is 0 Å². The molecule has 2 heterocycles. The fraction of sp³-hybridized carbons (Fsp3) is 0.167. The van der Waals surface area contributed by atoms with Gasteiger partial charge in [0.2, 0.25) is 0 Å². The molecule has 0 amide bonds. The summed E-state index contributed by atoms with van der Waals surface area (Å²) in [7, 11) is 1.96. The van der Waals surface area contributed by atoms with E-state index in [4.69, 9.17) is 5.26 Å². The lowest BCUT2D eigenvalue weighted by Crippen LogP contribution is -1.94. The lowest BCUT2D eigenvalue weighted by molar-refractivity contribution is 0.888. The molecule has 3 nitrogen and oxygen atoms in total. The van der Waals surface area contributed by atoms with Crippen LogP contribution in [0.1, 0.15) is 11.3 Å². The molecule has 2 rings (SSSR count). The predicted octanol–water partition coefficient (Wildman–Crippen LogP) is 2.27. The summed E-state index contributed by atoms with van der Waals surface area (Å²) in [5.41, 5.74) is 3.76. The molecular formula is C12H11N3. The summed E-state index contributed by atoms with van der Waals surface area (Å²) in [4.78, 5) is 4.07. The molecule has 74 valence electrons. The molecule has 3 heteroatoms. The van der Waals surface area contributed by atoms with Crippen molar-refractivity contribution in [1.29, 1.82) is 5.26 Å². The van der Waals surface area contributed by atoms with E-state index < -0.39 is 0 Å². The van der Waals surface area contributed by atoms with Gasteiger partial charge in [0.25, 0.3) is 0 Å². The first-order valence-electron chi connectivity index (χ1n) is 4.71. The number of hydrogen-bond donors (Lipinski definition) is 0. The molecule has 0 fully saturated rings. The summed E-state index contributed by atoms with van der Waals surface area (Å²) in [6.07, 6.45) is 3.54. The zero-order valence-electron chi connectivity index (χ0n) is 8.73. The van der Waals surface area contributed by atoms with Gasteiger partial charge < -0.3 is 4.57 Å². The fourth-order valence-corrected chi connectivity index (χ4v) is 1.60. The Balaban J connectivity index is 2.61. The third kappa shape index (κ3) is 1.50. The molecular weight excluding hydrogens is 186 g/mol. The van der Waals surface area contributed by atoms with Crippen molar-refractivity contribution in [3.05, 3.63) is 41.9 Å². The molecule has 0 unspecified atom stereocenters. The van der Waals surface area contributed by atoms with Gasteiger partial charge in [-0.2, -0.15) is 5.26 Å². The van der Waals surface area contributed by atoms with E-state index >= 15 is 0 Å². The predicted molar refractivity (Wildman–Crippen MR) is 58.1 cm³/mol. The van der Waals surface area contributed by atoms with Gasteiger partial charge in [0.1, 0.15) is 6.07 Å². The number of pyridine rings is 1. The third-order valence-electron chi connectivity index (χ3n) is 2.61. The van der Waals surface area contributed by atoms with Gasteiger partial charge in [0.05, 0.1) is 11.3 Å². The Bertz CT molecular complexity index is 518. The van der Waals surface area contributed by atoms with Crippen LogP contribution in [0.15, 0.2) is 30.6 Å². The van der Waals surface area contributed by atoms with Crippen LogP contribution in [0.25, 0.3) is 11.3 Å². The van der Waals surface area contributed by atoms with Gasteiger partial charge in [0, 0.05) is 30.7 Å². The van der Waals surface area contributed by atoms with Crippen molar-refractivity contribution in [2.75, 3.05) is 0 Å². The van der Waals surface area contributed by atoms with Crippen molar-refractivity contribution in [3.63, 3.8) is 0 Å². The summed E-state index contributed by atoms with van der Waals surface area (Å²) in [5, 5.41) is 8.92. The zero-order chi connectivity index (χ0) is 10.8. The Morgan fingerprint density at radius 2 is 2.27 bits per heavy atom. The Hall–Kier alpha value is -2.08. The van der Waals surface area contributed by atoms with Gasteiger partial charge in [0.15, 0.2) is 0 Å². The van der Waals surface area contributed by atoms with Crippen molar-refractivity contribution in [3.8, 4) is 17.3 Å². The maximum Gasteiger partial charge on any atom is 0.101 e. The molecule has 15 heavy (non-hydrogen) atoms. The van der Waals surface area contributed by atoms with Crippen molar-refractivity contribution in [2.45, 2.75) is 6.92 Å². The molecule has 0 atom stereocenters.